The summed E-state index contributed by atoms with van der Waals surface area (Å²) >= 11 is 3.37. The van der Waals surface area contributed by atoms with E-state index in [-0.39, 0.29) is 11.9 Å². The number of hydrogen-bond acceptors (Lipinski definition) is 1. The molecular weight excluding hydrogens is 242 g/mol. The predicted octanol–water partition coefficient (Wildman–Crippen LogP) is 2.93. The molecule has 2 nitrogen and oxygen atoms in total. The summed E-state index contributed by atoms with van der Waals surface area (Å²) in [5.74, 6) is 0.0486. The van der Waals surface area contributed by atoms with Crippen molar-refractivity contribution in [2.45, 2.75) is 19.9 Å². The minimum absolute atomic E-state index is 0.0486. The maximum atomic E-state index is 11.9. The van der Waals surface area contributed by atoms with Gasteiger partial charge in [-0.1, -0.05) is 12.1 Å². The first-order chi connectivity index (χ1) is 6.54. The second kappa shape index (κ2) is 4.60. The van der Waals surface area contributed by atoms with Crippen molar-refractivity contribution >= 4 is 21.8 Å². The van der Waals surface area contributed by atoms with E-state index in [9.17, 15) is 4.79 Å². The van der Waals surface area contributed by atoms with Crippen LogP contribution in [0.5, 0.6) is 0 Å². The van der Waals surface area contributed by atoms with Crippen molar-refractivity contribution in [3.05, 3.63) is 34.3 Å². The summed E-state index contributed by atoms with van der Waals surface area (Å²) in [5, 5.41) is 0. The third-order valence-electron chi connectivity index (χ3n) is 2.20. The lowest BCUT2D eigenvalue weighted by atomic mass is 10.2. The Kier molecular flexibility index (Phi) is 3.69. The highest BCUT2D eigenvalue weighted by molar-refractivity contribution is 9.10. The van der Waals surface area contributed by atoms with Crippen LogP contribution in [-0.4, -0.2) is 23.9 Å². The molecule has 0 saturated carbocycles. The Morgan fingerprint density at radius 1 is 1.36 bits per heavy atom. The van der Waals surface area contributed by atoms with Crippen molar-refractivity contribution < 1.29 is 4.79 Å². The molecule has 14 heavy (non-hydrogen) atoms. The first-order valence-electron chi connectivity index (χ1n) is 4.55. The van der Waals surface area contributed by atoms with Crippen LogP contribution in [0, 0.1) is 0 Å². The van der Waals surface area contributed by atoms with Crippen LogP contribution < -0.4 is 0 Å². The van der Waals surface area contributed by atoms with Gasteiger partial charge < -0.3 is 4.90 Å². The van der Waals surface area contributed by atoms with Crippen LogP contribution in [0.15, 0.2) is 28.7 Å². The number of carbonyl (C=O) groups excluding carboxylic acids is 1. The zero-order valence-electron chi connectivity index (χ0n) is 8.62. The Labute approximate surface area is 93.0 Å². The fourth-order valence-corrected chi connectivity index (χ4v) is 1.51. The molecule has 0 aromatic heterocycles. The Morgan fingerprint density at radius 2 is 1.93 bits per heavy atom. The van der Waals surface area contributed by atoms with Crippen LogP contribution in [-0.2, 0) is 0 Å². The van der Waals surface area contributed by atoms with Crippen molar-refractivity contribution in [3.8, 4) is 0 Å². The maximum absolute atomic E-state index is 11.9. The van der Waals surface area contributed by atoms with Crippen molar-refractivity contribution in [1.82, 2.24) is 4.90 Å². The van der Waals surface area contributed by atoms with E-state index >= 15 is 0 Å². The highest BCUT2D eigenvalue weighted by Crippen LogP contribution is 2.17. The summed E-state index contributed by atoms with van der Waals surface area (Å²) in [6.07, 6.45) is 0. The summed E-state index contributed by atoms with van der Waals surface area (Å²) in [4.78, 5) is 13.6. The van der Waals surface area contributed by atoms with Crippen LogP contribution >= 0.6 is 15.9 Å². The lowest BCUT2D eigenvalue weighted by Gasteiger charge is -2.21. The lowest BCUT2D eigenvalue weighted by molar-refractivity contribution is 0.0754. The normalized spacial score (nSPS) is 10.4. The highest BCUT2D eigenvalue weighted by Gasteiger charge is 2.15. The molecule has 0 heterocycles. The molecule has 0 bridgehead atoms. The number of halogens is 1. The third kappa shape index (κ3) is 2.35. The van der Waals surface area contributed by atoms with Crippen LogP contribution in [0.4, 0.5) is 0 Å². The van der Waals surface area contributed by atoms with Crippen LogP contribution in [0.1, 0.15) is 24.2 Å². The van der Waals surface area contributed by atoms with Gasteiger partial charge in [-0.05, 0) is 41.9 Å². The van der Waals surface area contributed by atoms with Gasteiger partial charge in [0.15, 0.2) is 0 Å². The summed E-state index contributed by atoms with van der Waals surface area (Å²) in [6.45, 7) is 3.99. The first-order valence-corrected chi connectivity index (χ1v) is 5.35. The molecule has 0 radical (unpaired) electrons. The smallest absolute Gasteiger partial charge is 0.254 e. The second-order valence-corrected chi connectivity index (χ2v) is 4.34. The molecule has 0 saturated heterocycles. The number of benzene rings is 1. The van der Waals surface area contributed by atoms with Gasteiger partial charge in [0.25, 0.3) is 5.91 Å². The summed E-state index contributed by atoms with van der Waals surface area (Å²) < 4.78 is 0.845. The summed E-state index contributed by atoms with van der Waals surface area (Å²) in [6, 6.07) is 7.68. The van der Waals surface area contributed by atoms with E-state index in [0.29, 0.717) is 5.56 Å². The standard InChI is InChI=1S/C11H14BrNO/c1-8(2)13(3)11(14)9-6-4-5-7-10(9)12/h4-8H,1-3H3. The van der Waals surface area contributed by atoms with Crippen molar-refractivity contribution in [3.63, 3.8) is 0 Å². The van der Waals surface area contributed by atoms with Gasteiger partial charge in [-0.2, -0.15) is 0 Å². The maximum Gasteiger partial charge on any atom is 0.254 e. The van der Waals surface area contributed by atoms with E-state index < -0.39 is 0 Å². The number of rotatable bonds is 2. The Hall–Kier alpha value is -0.830. The van der Waals surface area contributed by atoms with E-state index in [0.717, 1.165) is 4.47 Å². The molecule has 3 heteroatoms. The fraction of sp³-hybridized carbons (Fsp3) is 0.364. The number of hydrogen-bond donors (Lipinski definition) is 0. The van der Waals surface area contributed by atoms with Crippen molar-refractivity contribution in [2.24, 2.45) is 0 Å². The third-order valence-corrected chi connectivity index (χ3v) is 2.89. The zero-order chi connectivity index (χ0) is 10.7. The molecule has 1 aromatic rings. The molecule has 1 rings (SSSR count). The average molecular weight is 256 g/mol. The molecule has 0 N–H and O–H groups in total. The summed E-state index contributed by atoms with van der Waals surface area (Å²) in [5.41, 5.74) is 0.712. The van der Waals surface area contributed by atoms with Crippen LogP contribution in [0.3, 0.4) is 0 Å². The van der Waals surface area contributed by atoms with Crippen molar-refractivity contribution in [2.75, 3.05) is 7.05 Å². The van der Waals surface area contributed by atoms with Gasteiger partial charge in [-0.15, -0.1) is 0 Å². The van der Waals surface area contributed by atoms with Gasteiger partial charge in [-0.25, -0.2) is 0 Å². The van der Waals surface area contributed by atoms with Gasteiger partial charge in [-0.3, -0.25) is 4.79 Å². The number of amides is 1. The molecule has 0 aliphatic rings. The van der Waals surface area contributed by atoms with E-state index in [2.05, 4.69) is 15.9 Å². The SMILES string of the molecule is CC(C)N(C)C(=O)c1ccccc1Br. The predicted molar refractivity (Wildman–Crippen MR) is 61.4 cm³/mol. The van der Waals surface area contributed by atoms with Gasteiger partial charge in [0, 0.05) is 17.6 Å². The van der Waals surface area contributed by atoms with Gasteiger partial charge in [0.2, 0.25) is 0 Å². The quantitative estimate of drug-likeness (QED) is 0.796. The van der Waals surface area contributed by atoms with Crippen molar-refractivity contribution in [1.29, 1.82) is 0 Å². The van der Waals surface area contributed by atoms with E-state index in [1.54, 1.807) is 4.90 Å². The molecule has 0 fully saturated rings. The zero-order valence-corrected chi connectivity index (χ0v) is 10.2. The molecule has 1 amide bonds. The Morgan fingerprint density at radius 3 is 2.43 bits per heavy atom. The molecule has 0 aliphatic carbocycles. The molecule has 76 valence electrons. The van der Waals surface area contributed by atoms with Crippen LogP contribution in [0.2, 0.25) is 0 Å². The molecule has 0 spiro atoms. The molecule has 0 atom stereocenters. The largest absolute Gasteiger partial charge is 0.339 e. The number of nitrogens with zero attached hydrogens (tertiary/aromatic N) is 1. The minimum atomic E-state index is 0.0486. The highest BCUT2D eigenvalue weighted by atomic mass is 79.9. The van der Waals surface area contributed by atoms with E-state index in [1.165, 1.54) is 0 Å². The van der Waals surface area contributed by atoms with E-state index in [4.69, 9.17) is 0 Å². The monoisotopic (exact) mass is 255 g/mol. The topological polar surface area (TPSA) is 20.3 Å². The minimum Gasteiger partial charge on any atom is -0.339 e. The van der Waals surface area contributed by atoms with Crippen LogP contribution in [0.25, 0.3) is 0 Å². The number of carbonyl (C=O) groups is 1. The van der Waals surface area contributed by atoms with E-state index in [1.807, 2.05) is 45.2 Å². The molecule has 1 aromatic carbocycles. The van der Waals surface area contributed by atoms with Gasteiger partial charge >= 0.3 is 0 Å². The fourth-order valence-electron chi connectivity index (χ4n) is 1.06. The lowest BCUT2D eigenvalue weighted by Crippen LogP contribution is -2.33. The molecule has 0 aliphatic heterocycles. The average Bonchev–Trinajstić information content (AvgIpc) is 2.16. The Balaban J connectivity index is 2.95. The molecule has 0 unspecified atom stereocenters. The second-order valence-electron chi connectivity index (χ2n) is 3.49. The first kappa shape index (κ1) is 11.2. The summed E-state index contributed by atoms with van der Waals surface area (Å²) in [7, 11) is 1.81. The Bertz CT molecular complexity index is 336. The molecular formula is C11H14BrNO. The van der Waals surface area contributed by atoms with Gasteiger partial charge in [0.1, 0.15) is 0 Å². The van der Waals surface area contributed by atoms with Gasteiger partial charge in [0.05, 0.1) is 5.56 Å².